The van der Waals surface area contributed by atoms with E-state index in [1.807, 2.05) is 42.5 Å². The second-order valence-corrected chi connectivity index (χ2v) is 4.93. The Bertz CT molecular complexity index is 773. The molecule has 0 amide bonds. The van der Waals surface area contributed by atoms with Crippen molar-refractivity contribution in [1.29, 1.82) is 0 Å². The number of pyridine rings is 1. The number of rotatable bonds is 4. The first kappa shape index (κ1) is 13.4. The molecule has 2 aromatic heterocycles. The fraction of sp³-hybridized carbons (Fsp3) is 0.176. The summed E-state index contributed by atoms with van der Waals surface area (Å²) in [4.78, 5) is 16.8. The molecule has 0 aliphatic carbocycles. The topological polar surface area (TPSA) is 50.7 Å². The Morgan fingerprint density at radius 1 is 1.14 bits per heavy atom. The highest BCUT2D eigenvalue weighted by Gasteiger charge is 2.15. The summed E-state index contributed by atoms with van der Waals surface area (Å²) in [7, 11) is 0. The molecule has 1 aromatic carbocycles. The zero-order valence-corrected chi connectivity index (χ0v) is 11.9. The lowest BCUT2D eigenvalue weighted by atomic mass is 10.1. The number of H-pyrrole nitrogens is 1. The summed E-state index contributed by atoms with van der Waals surface area (Å²) in [6.45, 7) is 2.08. The third-order valence-corrected chi connectivity index (χ3v) is 3.45. The quantitative estimate of drug-likeness (QED) is 0.797. The smallest absolute Gasteiger partial charge is 0.275 e. The molecular weight excluding hydrogens is 262 g/mol. The Balaban J connectivity index is 2.19. The highest BCUT2D eigenvalue weighted by atomic mass is 16.1. The minimum atomic E-state index is 0.0157. The lowest BCUT2D eigenvalue weighted by Crippen LogP contribution is -2.17. The SMILES string of the molecule is CCCc1c(-c2cccnc2)[nH]n(-c2ccccc2)c1=O. The molecule has 1 N–H and O–H groups in total. The van der Waals surface area contributed by atoms with Crippen LogP contribution in [0.3, 0.4) is 0 Å². The minimum absolute atomic E-state index is 0.0157. The number of nitrogens with one attached hydrogen (secondary N) is 1. The van der Waals surface area contributed by atoms with Crippen molar-refractivity contribution < 1.29 is 0 Å². The van der Waals surface area contributed by atoms with E-state index in [9.17, 15) is 4.79 Å². The molecule has 3 aromatic rings. The van der Waals surface area contributed by atoms with Gasteiger partial charge in [0.15, 0.2) is 0 Å². The van der Waals surface area contributed by atoms with Crippen molar-refractivity contribution in [3.63, 3.8) is 0 Å². The number of hydrogen-bond acceptors (Lipinski definition) is 2. The first-order chi connectivity index (χ1) is 10.3. The number of para-hydroxylation sites is 1. The summed E-state index contributed by atoms with van der Waals surface area (Å²) in [6.07, 6.45) is 5.18. The second-order valence-electron chi connectivity index (χ2n) is 4.93. The lowest BCUT2D eigenvalue weighted by Gasteiger charge is -2.01. The lowest BCUT2D eigenvalue weighted by molar-refractivity contribution is 0.842. The van der Waals surface area contributed by atoms with E-state index in [4.69, 9.17) is 0 Å². The van der Waals surface area contributed by atoms with Crippen LogP contribution in [-0.4, -0.2) is 14.8 Å². The molecule has 21 heavy (non-hydrogen) atoms. The van der Waals surface area contributed by atoms with Crippen molar-refractivity contribution in [2.45, 2.75) is 19.8 Å². The number of hydrogen-bond donors (Lipinski definition) is 1. The van der Waals surface area contributed by atoms with Gasteiger partial charge in [0.2, 0.25) is 0 Å². The van der Waals surface area contributed by atoms with Gasteiger partial charge >= 0.3 is 0 Å². The van der Waals surface area contributed by atoms with Gasteiger partial charge in [-0.3, -0.25) is 14.9 Å². The molecule has 3 rings (SSSR count). The number of aromatic amines is 1. The van der Waals surface area contributed by atoms with Gasteiger partial charge in [-0.25, -0.2) is 4.68 Å². The summed E-state index contributed by atoms with van der Waals surface area (Å²) < 4.78 is 1.60. The Morgan fingerprint density at radius 3 is 2.62 bits per heavy atom. The van der Waals surface area contributed by atoms with Crippen LogP contribution in [0.5, 0.6) is 0 Å². The van der Waals surface area contributed by atoms with Crippen LogP contribution in [-0.2, 0) is 6.42 Å². The highest BCUT2D eigenvalue weighted by molar-refractivity contribution is 5.62. The second kappa shape index (κ2) is 5.79. The van der Waals surface area contributed by atoms with Crippen LogP contribution in [0, 0.1) is 0 Å². The van der Waals surface area contributed by atoms with Crippen LogP contribution in [0.2, 0.25) is 0 Å². The molecule has 4 heteroatoms. The molecule has 0 aliphatic heterocycles. The van der Waals surface area contributed by atoms with E-state index in [0.29, 0.717) is 0 Å². The van der Waals surface area contributed by atoms with Crippen LogP contribution in [0.1, 0.15) is 18.9 Å². The Hall–Kier alpha value is -2.62. The van der Waals surface area contributed by atoms with E-state index < -0.39 is 0 Å². The summed E-state index contributed by atoms with van der Waals surface area (Å²) in [6, 6.07) is 13.5. The molecule has 0 fully saturated rings. The van der Waals surface area contributed by atoms with Gasteiger partial charge in [-0.15, -0.1) is 0 Å². The van der Waals surface area contributed by atoms with E-state index in [-0.39, 0.29) is 5.56 Å². The number of benzene rings is 1. The average molecular weight is 279 g/mol. The summed E-state index contributed by atoms with van der Waals surface area (Å²) >= 11 is 0. The van der Waals surface area contributed by atoms with Gasteiger partial charge < -0.3 is 0 Å². The van der Waals surface area contributed by atoms with Crippen molar-refractivity contribution in [1.82, 2.24) is 14.8 Å². The number of aromatic nitrogens is 3. The van der Waals surface area contributed by atoms with E-state index in [0.717, 1.165) is 35.3 Å². The minimum Gasteiger partial charge on any atom is -0.290 e. The average Bonchev–Trinajstić information content (AvgIpc) is 2.87. The summed E-state index contributed by atoms with van der Waals surface area (Å²) in [5, 5.41) is 3.23. The normalized spacial score (nSPS) is 10.7. The standard InChI is InChI=1S/C17H17N3O/c1-2-7-15-16(13-8-6-11-18-12-13)19-20(17(15)21)14-9-4-3-5-10-14/h3-6,8-12,19H,2,7H2,1H3. The summed E-state index contributed by atoms with van der Waals surface area (Å²) in [5.74, 6) is 0. The maximum absolute atomic E-state index is 12.7. The number of nitrogens with zero attached hydrogens (tertiary/aromatic N) is 2. The molecule has 0 atom stereocenters. The van der Waals surface area contributed by atoms with E-state index >= 15 is 0 Å². The molecule has 0 saturated carbocycles. The molecule has 4 nitrogen and oxygen atoms in total. The maximum Gasteiger partial charge on any atom is 0.275 e. The Labute approximate surface area is 123 Å². The van der Waals surface area contributed by atoms with Crippen LogP contribution < -0.4 is 5.56 Å². The molecule has 0 bridgehead atoms. The van der Waals surface area contributed by atoms with Crippen LogP contribution in [0.25, 0.3) is 16.9 Å². The third kappa shape index (κ3) is 2.52. The van der Waals surface area contributed by atoms with E-state index in [2.05, 4.69) is 17.0 Å². The van der Waals surface area contributed by atoms with E-state index in [1.165, 1.54) is 0 Å². The molecule has 0 spiro atoms. The first-order valence-corrected chi connectivity index (χ1v) is 7.11. The first-order valence-electron chi connectivity index (χ1n) is 7.11. The van der Waals surface area contributed by atoms with Crippen LogP contribution in [0.4, 0.5) is 0 Å². The van der Waals surface area contributed by atoms with Crippen molar-refractivity contribution in [3.8, 4) is 16.9 Å². The van der Waals surface area contributed by atoms with Crippen LogP contribution >= 0.6 is 0 Å². The zero-order valence-electron chi connectivity index (χ0n) is 11.9. The van der Waals surface area contributed by atoms with Crippen molar-refractivity contribution in [2.24, 2.45) is 0 Å². The van der Waals surface area contributed by atoms with Crippen molar-refractivity contribution in [3.05, 3.63) is 70.8 Å². The molecular formula is C17H17N3O. The Kier molecular flexibility index (Phi) is 3.69. The van der Waals surface area contributed by atoms with Gasteiger partial charge in [-0.1, -0.05) is 31.5 Å². The molecule has 106 valence electrons. The summed E-state index contributed by atoms with van der Waals surface area (Å²) in [5.41, 5.74) is 3.47. The van der Waals surface area contributed by atoms with Crippen LogP contribution in [0.15, 0.2) is 59.7 Å². The molecule has 2 heterocycles. The van der Waals surface area contributed by atoms with Gasteiger partial charge in [0.05, 0.1) is 11.4 Å². The van der Waals surface area contributed by atoms with Crippen molar-refractivity contribution >= 4 is 0 Å². The third-order valence-electron chi connectivity index (χ3n) is 3.45. The van der Waals surface area contributed by atoms with Gasteiger partial charge in [-0.2, -0.15) is 0 Å². The highest BCUT2D eigenvalue weighted by Crippen LogP contribution is 2.20. The van der Waals surface area contributed by atoms with Gasteiger partial charge in [0, 0.05) is 23.5 Å². The molecule has 0 radical (unpaired) electrons. The van der Waals surface area contributed by atoms with E-state index in [1.54, 1.807) is 17.1 Å². The zero-order chi connectivity index (χ0) is 14.7. The van der Waals surface area contributed by atoms with Gasteiger partial charge in [0.1, 0.15) is 0 Å². The predicted molar refractivity (Wildman–Crippen MR) is 83.6 cm³/mol. The Morgan fingerprint density at radius 2 is 1.95 bits per heavy atom. The monoisotopic (exact) mass is 279 g/mol. The molecule has 0 saturated heterocycles. The maximum atomic E-state index is 12.7. The predicted octanol–water partition coefficient (Wildman–Crippen LogP) is 3.18. The van der Waals surface area contributed by atoms with Gasteiger partial charge in [-0.05, 0) is 30.7 Å². The van der Waals surface area contributed by atoms with Gasteiger partial charge in [0.25, 0.3) is 5.56 Å². The fourth-order valence-electron chi connectivity index (χ4n) is 2.46. The van der Waals surface area contributed by atoms with Crippen molar-refractivity contribution in [2.75, 3.05) is 0 Å². The molecule has 0 unspecified atom stereocenters. The largest absolute Gasteiger partial charge is 0.290 e. The molecule has 0 aliphatic rings. The fourth-order valence-corrected chi connectivity index (χ4v) is 2.46.